The average Bonchev–Trinajstić information content (AvgIpc) is 3.23. The molecular formula is C23H16Cl2N4O3. The number of aromatic nitrogens is 3. The molecule has 2 aromatic carbocycles. The van der Waals surface area contributed by atoms with E-state index in [2.05, 4.69) is 15.1 Å². The number of H-pyrrole nitrogens is 1. The van der Waals surface area contributed by atoms with E-state index in [-0.39, 0.29) is 12.1 Å². The summed E-state index contributed by atoms with van der Waals surface area (Å²) >= 11 is 11.9. The van der Waals surface area contributed by atoms with E-state index in [4.69, 9.17) is 27.7 Å². The van der Waals surface area contributed by atoms with Crippen LogP contribution in [0.1, 0.15) is 21.6 Å². The maximum absolute atomic E-state index is 13.0. The van der Waals surface area contributed by atoms with Gasteiger partial charge in [-0.2, -0.15) is 0 Å². The van der Waals surface area contributed by atoms with Crippen molar-refractivity contribution in [3.05, 3.63) is 91.9 Å². The van der Waals surface area contributed by atoms with Gasteiger partial charge in [-0.1, -0.05) is 28.4 Å². The van der Waals surface area contributed by atoms with Gasteiger partial charge in [0.1, 0.15) is 17.1 Å². The minimum Gasteiger partial charge on any atom is -0.356 e. The van der Waals surface area contributed by atoms with E-state index in [0.717, 1.165) is 11.1 Å². The molecule has 5 rings (SSSR count). The van der Waals surface area contributed by atoms with Gasteiger partial charge in [-0.15, -0.1) is 0 Å². The molecular weight excluding hydrogens is 451 g/mol. The second-order valence-corrected chi connectivity index (χ2v) is 8.27. The Bertz CT molecular complexity index is 1360. The number of fused-ring (bicyclic) bond motifs is 1. The number of halogens is 2. The van der Waals surface area contributed by atoms with Crippen LogP contribution in [0, 0.1) is 0 Å². The molecule has 1 aliphatic rings. The van der Waals surface area contributed by atoms with Gasteiger partial charge in [0.2, 0.25) is 0 Å². The highest BCUT2D eigenvalue weighted by molar-refractivity contribution is 6.30. The monoisotopic (exact) mass is 466 g/mol. The minimum atomic E-state index is -0.497. The van der Waals surface area contributed by atoms with Gasteiger partial charge in [-0.25, -0.2) is 4.98 Å². The first-order valence-corrected chi connectivity index (χ1v) is 10.6. The highest BCUT2D eigenvalue weighted by atomic mass is 35.5. The van der Waals surface area contributed by atoms with Crippen molar-refractivity contribution in [3.63, 3.8) is 0 Å². The van der Waals surface area contributed by atoms with E-state index in [0.29, 0.717) is 45.9 Å². The highest BCUT2D eigenvalue weighted by Gasteiger charge is 2.29. The Balaban J connectivity index is 1.37. The minimum absolute atomic E-state index is 0.0208. The van der Waals surface area contributed by atoms with Crippen molar-refractivity contribution in [1.29, 1.82) is 0 Å². The fourth-order valence-electron chi connectivity index (χ4n) is 3.70. The zero-order chi connectivity index (χ0) is 22.2. The van der Waals surface area contributed by atoms with Crippen molar-refractivity contribution in [1.82, 2.24) is 20.0 Å². The van der Waals surface area contributed by atoms with Crippen LogP contribution in [0.5, 0.6) is 0 Å². The van der Waals surface area contributed by atoms with Crippen LogP contribution >= 0.6 is 23.2 Å². The lowest BCUT2D eigenvalue weighted by Gasteiger charge is -2.25. The van der Waals surface area contributed by atoms with E-state index in [1.165, 1.54) is 6.20 Å². The predicted molar refractivity (Wildman–Crippen MR) is 121 cm³/mol. The number of amides is 1. The smallest absolute Gasteiger partial charge is 0.264 e. The van der Waals surface area contributed by atoms with Crippen LogP contribution in [-0.2, 0) is 13.0 Å². The lowest BCUT2D eigenvalue weighted by molar-refractivity contribution is 0.0729. The van der Waals surface area contributed by atoms with Crippen LogP contribution in [0.3, 0.4) is 0 Å². The molecule has 1 amide bonds. The summed E-state index contributed by atoms with van der Waals surface area (Å²) in [5.41, 5.74) is 2.69. The molecule has 4 aromatic rings. The van der Waals surface area contributed by atoms with E-state index in [9.17, 15) is 9.59 Å². The van der Waals surface area contributed by atoms with Crippen molar-refractivity contribution in [2.45, 2.75) is 13.0 Å². The molecule has 0 atom stereocenters. The number of aromatic amines is 1. The first-order chi connectivity index (χ1) is 15.5. The Morgan fingerprint density at radius 1 is 1.00 bits per heavy atom. The quantitative estimate of drug-likeness (QED) is 0.476. The Morgan fingerprint density at radius 3 is 2.31 bits per heavy atom. The lowest BCUT2D eigenvalue weighted by atomic mass is 10.0. The summed E-state index contributed by atoms with van der Waals surface area (Å²) in [6.45, 7) is 0.690. The zero-order valence-corrected chi connectivity index (χ0v) is 18.2. The summed E-state index contributed by atoms with van der Waals surface area (Å²) < 4.78 is 5.55. The van der Waals surface area contributed by atoms with Gasteiger partial charge >= 0.3 is 0 Å². The third-order valence-electron chi connectivity index (χ3n) is 5.38. The number of nitrogens with zero attached hydrogens (tertiary/aromatic N) is 3. The predicted octanol–water partition coefficient (Wildman–Crippen LogP) is 4.60. The van der Waals surface area contributed by atoms with E-state index in [1.54, 1.807) is 41.3 Å². The van der Waals surface area contributed by atoms with Crippen LogP contribution in [0.25, 0.3) is 22.7 Å². The van der Waals surface area contributed by atoms with Crippen LogP contribution < -0.4 is 5.56 Å². The number of hydrogen-bond donors (Lipinski definition) is 1. The Hall–Kier alpha value is -3.42. The van der Waals surface area contributed by atoms with Gasteiger partial charge < -0.3 is 14.4 Å². The largest absolute Gasteiger partial charge is 0.356 e. The number of benzene rings is 2. The van der Waals surface area contributed by atoms with E-state index in [1.807, 2.05) is 12.1 Å². The first kappa shape index (κ1) is 20.5. The SMILES string of the molecule is O=C(c1cnc(-c2ccc(Cl)cc2)[nH]c1=O)N1CCc2c(noc2-c2ccc(Cl)cc2)C1. The molecule has 1 N–H and O–H groups in total. The second-order valence-electron chi connectivity index (χ2n) is 7.40. The summed E-state index contributed by atoms with van der Waals surface area (Å²) in [4.78, 5) is 34.1. The van der Waals surface area contributed by atoms with Gasteiger partial charge in [0, 0.05) is 39.5 Å². The Labute approximate surface area is 192 Å². The van der Waals surface area contributed by atoms with Crippen molar-refractivity contribution in [2.75, 3.05) is 6.54 Å². The standard InChI is InChI=1S/C23H16Cl2N4O3/c24-15-5-1-13(2-6-15)20-17-9-10-29(12-19(17)28-32-20)23(31)18-11-26-21(27-22(18)30)14-3-7-16(25)8-4-14/h1-8,11H,9-10,12H2,(H,26,27,30). The van der Waals surface area contributed by atoms with Gasteiger partial charge in [-0.3, -0.25) is 9.59 Å². The molecule has 3 heterocycles. The zero-order valence-electron chi connectivity index (χ0n) is 16.6. The molecule has 0 fully saturated rings. The maximum Gasteiger partial charge on any atom is 0.264 e. The molecule has 0 radical (unpaired) electrons. The Kier molecular flexibility index (Phi) is 5.28. The van der Waals surface area contributed by atoms with Gasteiger partial charge in [-0.05, 0) is 55.0 Å². The summed E-state index contributed by atoms with van der Waals surface area (Å²) in [5.74, 6) is 0.645. The van der Waals surface area contributed by atoms with Crippen molar-refractivity contribution < 1.29 is 9.32 Å². The lowest BCUT2D eigenvalue weighted by Crippen LogP contribution is -2.38. The van der Waals surface area contributed by atoms with Crippen molar-refractivity contribution in [2.24, 2.45) is 0 Å². The summed E-state index contributed by atoms with van der Waals surface area (Å²) in [6, 6.07) is 14.2. The third kappa shape index (κ3) is 3.81. The van der Waals surface area contributed by atoms with Crippen LogP contribution in [0.4, 0.5) is 0 Å². The number of hydrogen-bond acceptors (Lipinski definition) is 5. The maximum atomic E-state index is 13.0. The van der Waals surface area contributed by atoms with Crippen LogP contribution in [0.2, 0.25) is 10.0 Å². The summed E-state index contributed by atoms with van der Waals surface area (Å²) in [5, 5.41) is 5.37. The van der Waals surface area contributed by atoms with Gasteiger partial charge in [0.25, 0.3) is 11.5 Å². The second kappa shape index (κ2) is 8.26. The third-order valence-corrected chi connectivity index (χ3v) is 5.89. The molecule has 0 spiro atoms. The number of carbonyl (C=O) groups excluding carboxylic acids is 1. The van der Waals surface area contributed by atoms with E-state index >= 15 is 0 Å². The molecule has 1 aliphatic heterocycles. The molecule has 0 unspecified atom stereocenters. The van der Waals surface area contributed by atoms with Crippen LogP contribution in [-0.4, -0.2) is 32.5 Å². The molecule has 0 bridgehead atoms. The fraction of sp³-hybridized carbons (Fsp3) is 0.130. The number of rotatable bonds is 3. The van der Waals surface area contributed by atoms with Gasteiger partial charge in [0.05, 0.1) is 6.54 Å². The molecule has 2 aromatic heterocycles. The Morgan fingerprint density at radius 2 is 1.66 bits per heavy atom. The molecule has 160 valence electrons. The molecule has 32 heavy (non-hydrogen) atoms. The highest BCUT2D eigenvalue weighted by Crippen LogP contribution is 2.31. The fourth-order valence-corrected chi connectivity index (χ4v) is 3.96. The van der Waals surface area contributed by atoms with Crippen LogP contribution in [0.15, 0.2) is 64.0 Å². The summed E-state index contributed by atoms with van der Waals surface area (Å²) in [7, 11) is 0. The van der Waals surface area contributed by atoms with Crippen molar-refractivity contribution >= 4 is 29.1 Å². The van der Waals surface area contributed by atoms with E-state index < -0.39 is 11.5 Å². The van der Waals surface area contributed by atoms with Crippen molar-refractivity contribution in [3.8, 4) is 22.7 Å². The molecule has 7 nitrogen and oxygen atoms in total. The molecule has 0 saturated carbocycles. The normalized spacial score (nSPS) is 13.1. The number of nitrogens with one attached hydrogen (secondary N) is 1. The first-order valence-electron chi connectivity index (χ1n) is 9.87. The summed E-state index contributed by atoms with van der Waals surface area (Å²) in [6.07, 6.45) is 1.87. The molecule has 9 heteroatoms. The van der Waals surface area contributed by atoms with Gasteiger partial charge in [0.15, 0.2) is 5.76 Å². The molecule has 0 aliphatic carbocycles. The average molecular weight is 467 g/mol. The molecule has 0 saturated heterocycles. The number of carbonyl (C=O) groups is 1. The topological polar surface area (TPSA) is 92.1 Å².